The van der Waals surface area contributed by atoms with Crippen LogP contribution in [-0.4, -0.2) is 14.5 Å². The first-order chi connectivity index (χ1) is 12.3. The van der Waals surface area contributed by atoms with Crippen molar-refractivity contribution in [3.8, 4) is 6.07 Å². The van der Waals surface area contributed by atoms with Gasteiger partial charge in [0.1, 0.15) is 12.4 Å². The number of thioether (sulfide) groups is 1. The summed E-state index contributed by atoms with van der Waals surface area (Å²) in [5.41, 5.74) is 1.45. The van der Waals surface area contributed by atoms with Crippen molar-refractivity contribution in [1.82, 2.24) is 14.5 Å². The molecule has 25 heavy (non-hydrogen) atoms. The highest BCUT2D eigenvalue weighted by Crippen LogP contribution is 2.31. The van der Waals surface area contributed by atoms with Gasteiger partial charge in [0.15, 0.2) is 4.34 Å². The zero-order valence-corrected chi connectivity index (χ0v) is 14.7. The van der Waals surface area contributed by atoms with Crippen LogP contribution in [0, 0.1) is 11.3 Å². The number of benzene rings is 2. The van der Waals surface area contributed by atoms with E-state index in [0.29, 0.717) is 22.5 Å². The summed E-state index contributed by atoms with van der Waals surface area (Å²) in [6, 6.07) is 17.2. The van der Waals surface area contributed by atoms with Gasteiger partial charge >= 0.3 is 0 Å². The van der Waals surface area contributed by atoms with Gasteiger partial charge in [0.2, 0.25) is 0 Å². The van der Waals surface area contributed by atoms with E-state index < -0.39 is 0 Å². The van der Waals surface area contributed by atoms with Gasteiger partial charge in [0.25, 0.3) is 5.56 Å². The van der Waals surface area contributed by atoms with Crippen LogP contribution < -0.4 is 5.56 Å². The van der Waals surface area contributed by atoms with E-state index in [4.69, 9.17) is 5.26 Å². The van der Waals surface area contributed by atoms with Crippen LogP contribution >= 0.6 is 23.1 Å². The Labute approximate surface area is 151 Å². The van der Waals surface area contributed by atoms with Crippen molar-refractivity contribution in [2.45, 2.75) is 16.6 Å². The topological polar surface area (TPSA) is 71.6 Å². The number of aromatic nitrogens is 3. The Bertz CT molecular complexity index is 1140. The Balaban J connectivity index is 1.71. The molecule has 0 radical (unpaired) electrons. The summed E-state index contributed by atoms with van der Waals surface area (Å²) in [6.07, 6.45) is 0. The first-order valence-electron chi connectivity index (χ1n) is 7.60. The number of nitriles is 1. The maximum Gasteiger partial charge on any atom is 0.262 e. The molecular weight excluding hydrogens is 352 g/mol. The van der Waals surface area contributed by atoms with Crippen LogP contribution in [-0.2, 0) is 12.3 Å². The Hall–Kier alpha value is -2.69. The highest BCUT2D eigenvalue weighted by atomic mass is 32.2. The van der Waals surface area contributed by atoms with E-state index in [-0.39, 0.29) is 12.1 Å². The molecule has 122 valence electrons. The third-order valence-electron chi connectivity index (χ3n) is 3.77. The maximum atomic E-state index is 12.6. The monoisotopic (exact) mass is 364 g/mol. The molecule has 4 rings (SSSR count). The van der Waals surface area contributed by atoms with E-state index in [1.807, 2.05) is 36.4 Å². The molecule has 2 aromatic heterocycles. The SMILES string of the molecule is N#CCn1c(CSc2nc3ccccc3s2)nc2ccccc2c1=O. The molecule has 0 aliphatic heterocycles. The second-order valence-corrected chi connectivity index (χ2v) is 7.58. The lowest BCUT2D eigenvalue weighted by Crippen LogP contribution is -2.24. The van der Waals surface area contributed by atoms with Crippen molar-refractivity contribution < 1.29 is 0 Å². The van der Waals surface area contributed by atoms with Crippen LogP contribution in [0.3, 0.4) is 0 Å². The Morgan fingerprint density at radius 1 is 1.08 bits per heavy atom. The van der Waals surface area contributed by atoms with Gasteiger partial charge in [0.05, 0.1) is 32.9 Å². The van der Waals surface area contributed by atoms with Crippen molar-refractivity contribution in [2.75, 3.05) is 0 Å². The summed E-state index contributed by atoms with van der Waals surface area (Å²) >= 11 is 3.15. The quantitative estimate of drug-likeness (QED) is 0.515. The number of thiazole rings is 1. The molecule has 0 unspecified atom stereocenters. The smallest absolute Gasteiger partial charge is 0.262 e. The summed E-state index contributed by atoms with van der Waals surface area (Å²) in [4.78, 5) is 21.8. The second kappa shape index (κ2) is 6.67. The van der Waals surface area contributed by atoms with Gasteiger partial charge in [-0.05, 0) is 24.3 Å². The number of rotatable bonds is 4. The van der Waals surface area contributed by atoms with E-state index in [0.717, 1.165) is 14.6 Å². The molecule has 0 fully saturated rings. The molecule has 5 nitrogen and oxygen atoms in total. The zero-order chi connectivity index (χ0) is 17.2. The average Bonchev–Trinajstić information content (AvgIpc) is 3.06. The molecule has 0 spiro atoms. The zero-order valence-electron chi connectivity index (χ0n) is 13.0. The maximum absolute atomic E-state index is 12.6. The van der Waals surface area contributed by atoms with E-state index >= 15 is 0 Å². The highest BCUT2D eigenvalue weighted by Gasteiger charge is 2.12. The van der Waals surface area contributed by atoms with Gasteiger partial charge in [0, 0.05) is 0 Å². The van der Waals surface area contributed by atoms with Gasteiger partial charge in [-0.25, -0.2) is 9.97 Å². The number of hydrogen-bond acceptors (Lipinski definition) is 6. The first-order valence-corrected chi connectivity index (χ1v) is 9.40. The van der Waals surface area contributed by atoms with Crippen molar-refractivity contribution in [3.05, 3.63) is 64.7 Å². The lowest BCUT2D eigenvalue weighted by Gasteiger charge is -2.09. The molecule has 7 heteroatoms. The molecule has 0 bridgehead atoms. The predicted molar refractivity (Wildman–Crippen MR) is 101 cm³/mol. The molecule has 0 N–H and O–H groups in total. The van der Waals surface area contributed by atoms with E-state index in [2.05, 4.69) is 16.0 Å². The van der Waals surface area contributed by atoms with E-state index in [1.54, 1.807) is 23.5 Å². The largest absolute Gasteiger partial charge is 0.281 e. The standard InChI is InChI=1S/C18H12N4OS2/c19-9-10-22-16(20-13-6-2-1-5-12(13)17(22)23)11-24-18-21-14-7-3-4-8-15(14)25-18/h1-8H,10-11H2. The average molecular weight is 364 g/mol. The fraction of sp³-hybridized carbons (Fsp3) is 0.111. The van der Waals surface area contributed by atoms with Crippen molar-refractivity contribution >= 4 is 44.2 Å². The molecule has 0 saturated heterocycles. The van der Waals surface area contributed by atoms with Crippen molar-refractivity contribution in [1.29, 1.82) is 5.26 Å². The molecule has 2 aromatic carbocycles. The lowest BCUT2D eigenvalue weighted by atomic mass is 10.2. The minimum Gasteiger partial charge on any atom is -0.281 e. The molecule has 2 heterocycles. The van der Waals surface area contributed by atoms with Gasteiger partial charge < -0.3 is 0 Å². The van der Waals surface area contributed by atoms with Crippen molar-refractivity contribution in [2.24, 2.45) is 0 Å². The van der Waals surface area contributed by atoms with Gasteiger partial charge in [-0.15, -0.1) is 11.3 Å². The molecule has 0 aliphatic rings. The van der Waals surface area contributed by atoms with Crippen LogP contribution in [0.15, 0.2) is 57.7 Å². The fourth-order valence-electron chi connectivity index (χ4n) is 2.60. The summed E-state index contributed by atoms with van der Waals surface area (Å²) < 4.78 is 3.50. The Morgan fingerprint density at radius 2 is 1.84 bits per heavy atom. The summed E-state index contributed by atoms with van der Waals surface area (Å²) in [5.74, 6) is 1.08. The number of nitrogens with zero attached hydrogens (tertiary/aromatic N) is 4. The minimum atomic E-state index is -0.174. The Kier molecular flexibility index (Phi) is 4.22. The fourth-order valence-corrected chi connectivity index (χ4v) is 4.61. The molecule has 0 atom stereocenters. The van der Waals surface area contributed by atoms with Gasteiger partial charge in [-0.2, -0.15) is 5.26 Å². The van der Waals surface area contributed by atoms with Crippen LogP contribution in [0.1, 0.15) is 5.82 Å². The molecular formula is C18H12N4OS2. The number of hydrogen-bond donors (Lipinski definition) is 0. The first kappa shape index (κ1) is 15.8. The van der Waals surface area contributed by atoms with Gasteiger partial charge in [-0.3, -0.25) is 9.36 Å². The van der Waals surface area contributed by atoms with Crippen molar-refractivity contribution in [3.63, 3.8) is 0 Å². The number of fused-ring (bicyclic) bond motifs is 2. The normalized spacial score (nSPS) is 11.0. The highest BCUT2D eigenvalue weighted by molar-refractivity contribution is 8.00. The molecule has 0 saturated carbocycles. The van der Waals surface area contributed by atoms with E-state index in [9.17, 15) is 4.79 Å². The summed E-state index contributed by atoms with van der Waals surface area (Å²) in [6.45, 7) is -0.00753. The van der Waals surface area contributed by atoms with Crippen LogP contribution in [0.4, 0.5) is 0 Å². The minimum absolute atomic E-state index is 0.00753. The third-order valence-corrected chi connectivity index (χ3v) is 5.94. The molecule has 4 aromatic rings. The van der Waals surface area contributed by atoms with Crippen LogP contribution in [0.5, 0.6) is 0 Å². The van der Waals surface area contributed by atoms with Crippen LogP contribution in [0.2, 0.25) is 0 Å². The molecule has 0 aliphatic carbocycles. The third kappa shape index (κ3) is 3.02. The summed E-state index contributed by atoms with van der Waals surface area (Å²) in [5, 5.41) is 9.60. The second-order valence-electron chi connectivity index (χ2n) is 5.33. The lowest BCUT2D eigenvalue weighted by molar-refractivity contribution is 0.730. The molecule has 0 amide bonds. The van der Waals surface area contributed by atoms with Gasteiger partial charge in [-0.1, -0.05) is 36.0 Å². The predicted octanol–water partition coefficient (Wildman–Crippen LogP) is 3.82. The number of para-hydroxylation sites is 2. The van der Waals surface area contributed by atoms with E-state index in [1.165, 1.54) is 16.3 Å². The summed E-state index contributed by atoms with van der Waals surface area (Å²) in [7, 11) is 0. The Morgan fingerprint density at radius 3 is 2.64 bits per heavy atom. The van der Waals surface area contributed by atoms with Crippen LogP contribution in [0.25, 0.3) is 21.1 Å².